The van der Waals surface area contributed by atoms with E-state index in [9.17, 15) is 0 Å². The van der Waals surface area contributed by atoms with E-state index < -0.39 is 0 Å². The van der Waals surface area contributed by atoms with Gasteiger partial charge in [0.1, 0.15) is 22.3 Å². The van der Waals surface area contributed by atoms with Gasteiger partial charge in [-0.05, 0) is 151 Å². The molecule has 0 aliphatic carbocycles. The molecule has 87 heavy (non-hydrogen) atoms. The first-order valence-electron chi connectivity index (χ1n) is 29.5. The molecule has 0 N–H and O–H groups in total. The van der Waals surface area contributed by atoms with E-state index in [0.717, 1.165) is 106 Å². The number of furan rings is 2. The van der Waals surface area contributed by atoms with E-state index in [2.05, 4.69) is 308 Å². The van der Waals surface area contributed by atoms with E-state index in [1.807, 2.05) is 6.07 Å². The van der Waals surface area contributed by atoms with E-state index in [-0.39, 0.29) is 0 Å². The molecule has 13 aromatic carbocycles. The number of benzene rings is 13. The Morgan fingerprint density at radius 1 is 0.218 bits per heavy atom. The number of hydrogen-bond donors (Lipinski definition) is 0. The SMILES string of the molecule is c1ccc(-n2c3ccc(-n4c5ccccc5c5ccccc54)cc3n3c4ccccc4nc23)cc1.c1ccc2c(c1)c1ccccc1n2-c1ccc2oc3ccc(-c4ccc5oc6ccc(-n7c8ccccc8c8ccccc87)cc6c5c4)cc3c2c1. The monoisotopic (exact) mass is 1110 g/mol. The zero-order valence-corrected chi connectivity index (χ0v) is 46.7. The largest absolute Gasteiger partial charge is 0.456 e. The minimum absolute atomic E-state index is 0.878. The predicted octanol–water partition coefficient (Wildman–Crippen LogP) is 20.9. The Morgan fingerprint density at radius 3 is 1.00 bits per heavy atom. The van der Waals surface area contributed by atoms with E-state index in [1.165, 1.54) is 65.4 Å². The predicted molar refractivity (Wildman–Crippen MR) is 359 cm³/mol. The van der Waals surface area contributed by atoms with Gasteiger partial charge >= 0.3 is 0 Å². The molecule has 0 amide bonds. The Morgan fingerprint density at radius 2 is 0.563 bits per heavy atom. The van der Waals surface area contributed by atoms with E-state index in [4.69, 9.17) is 13.8 Å². The third-order valence-corrected chi connectivity index (χ3v) is 18.0. The third kappa shape index (κ3) is 7.04. The fourth-order valence-electron chi connectivity index (χ4n) is 14.1. The van der Waals surface area contributed by atoms with Crippen molar-refractivity contribution in [2.45, 2.75) is 0 Å². The molecular weight excluding hydrogens is 1060 g/mol. The standard InChI is InChI=1S/C48H28N2O2.C31H20N4/c1-5-13-41-33(9-1)34-10-2-6-14-42(34)49(41)31-19-23-47-39(27-31)37-25-29(17-21-45(37)51-47)30-18-22-46-38(26-30)40-28-32(20-24-48(40)52-46)50-43-15-7-3-11-35(43)36-12-4-8-16-44(36)50;1-2-10-21(11-3-1)34-29-19-18-22(20-30(29)35-28-17-9-6-14-25(28)32-31(34)35)33-26-15-7-4-12-23(26)24-13-5-8-16-27(24)33/h1-28H;1-20H. The van der Waals surface area contributed by atoms with Crippen molar-refractivity contribution < 1.29 is 8.83 Å². The highest BCUT2D eigenvalue weighted by atomic mass is 16.3. The number of fused-ring (bicyclic) bond motifs is 20. The lowest BCUT2D eigenvalue weighted by Gasteiger charge is -2.09. The summed E-state index contributed by atoms with van der Waals surface area (Å²) in [5.74, 6) is 0.923. The molecule has 0 radical (unpaired) electrons. The second-order valence-corrected chi connectivity index (χ2v) is 22.7. The number of para-hydroxylation sites is 9. The molecule has 20 aromatic rings. The molecule has 0 fully saturated rings. The molecule has 7 heterocycles. The summed E-state index contributed by atoms with van der Waals surface area (Å²) < 4.78 is 24.4. The molecule has 406 valence electrons. The Balaban J connectivity index is 0.000000137. The Kier molecular flexibility index (Phi) is 10.0. The van der Waals surface area contributed by atoms with Crippen LogP contribution in [0.4, 0.5) is 0 Å². The summed E-state index contributed by atoms with van der Waals surface area (Å²) in [6.45, 7) is 0. The second kappa shape index (κ2) is 18.3. The van der Waals surface area contributed by atoms with E-state index in [1.54, 1.807) is 0 Å². The molecule has 7 aromatic heterocycles. The van der Waals surface area contributed by atoms with Gasteiger partial charge in [0.15, 0.2) is 0 Å². The van der Waals surface area contributed by atoms with Gasteiger partial charge in [0, 0.05) is 76.6 Å². The minimum atomic E-state index is 0.878. The summed E-state index contributed by atoms with van der Waals surface area (Å²) in [4.78, 5) is 5.04. The molecule has 0 aliphatic heterocycles. The average molecular weight is 1110 g/mol. The lowest BCUT2D eigenvalue weighted by atomic mass is 10.0. The van der Waals surface area contributed by atoms with Crippen molar-refractivity contribution in [3.05, 3.63) is 291 Å². The van der Waals surface area contributed by atoms with Crippen LogP contribution in [-0.4, -0.2) is 27.7 Å². The van der Waals surface area contributed by atoms with Crippen LogP contribution >= 0.6 is 0 Å². The minimum Gasteiger partial charge on any atom is -0.456 e. The highest BCUT2D eigenvalue weighted by Crippen LogP contribution is 2.41. The molecule has 0 saturated heterocycles. The number of imidazole rings is 2. The molecular formula is C79H48N6O2. The number of nitrogens with zero attached hydrogens (tertiary/aromatic N) is 6. The maximum Gasteiger partial charge on any atom is 0.220 e. The Labute approximate surface area is 496 Å². The van der Waals surface area contributed by atoms with E-state index >= 15 is 0 Å². The smallest absolute Gasteiger partial charge is 0.220 e. The van der Waals surface area contributed by atoms with Crippen molar-refractivity contribution in [3.8, 4) is 33.9 Å². The summed E-state index contributed by atoms with van der Waals surface area (Å²) in [5, 5.41) is 11.9. The second-order valence-electron chi connectivity index (χ2n) is 22.7. The van der Waals surface area contributed by atoms with E-state index in [0.29, 0.717) is 0 Å². The lowest BCUT2D eigenvalue weighted by Crippen LogP contribution is -1.96. The zero-order chi connectivity index (χ0) is 56.8. The molecule has 0 aliphatic rings. The van der Waals surface area contributed by atoms with Crippen molar-refractivity contribution in [3.63, 3.8) is 0 Å². The number of hydrogen-bond acceptors (Lipinski definition) is 3. The topological polar surface area (TPSA) is 63.3 Å². The van der Waals surface area contributed by atoms with Crippen LogP contribution in [-0.2, 0) is 0 Å². The van der Waals surface area contributed by atoms with Crippen molar-refractivity contribution in [2.75, 3.05) is 0 Å². The van der Waals surface area contributed by atoms with Gasteiger partial charge < -0.3 is 22.5 Å². The van der Waals surface area contributed by atoms with Crippen molar-refractivity contribution in [1.82, 2.24) is 27.7 Å². The van der Waals surface area contributed by atoms with Gasteiger partial charge in [-0.25, -0.2) is 4.98 Å². The first-order chi connectivity index (χ1) is 43.1. The third-order valence-electron chi connectivity index (χ3n) is 18.0. The quantitative estimate of drug-likeness (QED) is 0.172. The molecule has 20 rings (SSSR count). The van der Waals surface area contributed by atoms with Crippen LogP contribution < -0.4 is 0 Å². The summed E-state index contributed by atoms with van der Waals surface area (Å²) in [5.41, 5.74) is 21.8. The molecule has 0 unspecified atom stereocenters. The summed E-state index contributed by atoms with van der Waals surface area (Å²) in [6, 6.07) is 104. The highest BCUT2D eigenvalue weighted by molar-refractivity contribution is 6.14. The molecule has 0 bridgehead atoms. The van der Waals surface area contributed by atoms with Gasteiger partial charge in [-0.15, -0.1) is 0 Å². The van der Waals surface area contributed by atoms with Crippen LogP contribution in [0, 0.1) is 0 Å². The fourth-order valence-corrected chi connectivity index (χ4v) is 14.1. The van der Waals surface area contributed by atoms with Crippen molar-refractivity contribution in [2.24, 2.45) is 0 Å². The van der Waals surface area contributed by atoms with Crippen LogP contribution in [0.15, 0.2) is 300 Å². The zero-order valence-electron chi connectivity index (χ0n) is 46.7. The summed E-state index contributed by atoms with van der Waals surface area (Å²) >= 11 is 0. The number of aromatic nitrogens is 6. The molecule has 0 atom stereocenters. The average Bonchev–Trinajstić information content (AvgIpc) is 1.76. The first kappa shape index (κ1) is 47.6. The summed E-state index contributed by atoms with van der Waals surface area (Å²) in [7, 11) is 0. The normalized spacial score (nSPS) is 12.1. The van der Waals surface area contributed by atoms with Gasteiger partial charge in [0.05, 0.1) is 55.2 Å². The number of rotatable bonds is 5. The van der Waals surface area contributed by atoms with Gasteiger partial charge in [-0.1, -0.05) is 152 Å². The molecule has 0 saturated carbocycles. The van der Waals surface area contributed by atoms with Crippen LogP contribution in [0.3, 0.4) is 0 Å². The Hall–Kier alpha value is -11.9. The molecule has 8 heteroatoms. The lowest BCUT2D eigenvalue weighted by molar-refractivity contribution is 0.668. The summed E-state index contributed by atoms with van der Waals surface area (Å²) in [6.07, 6.45) is 0. The van der Waals surface area contributed by atoms with Crippen molar-refractivity contribution in [1.29, 1.82) is 0 Å². The maximum absolute atomic E-state index is 6.39. The molecule has 0 spiro atoms. The van der Waals surface area contributed by atoms with Crippen LogP contribution in [0.25, 0.3) is 171 Å². The molecule has 8 nitrogen and oxygen atoms in total. The van der Waals surface area contributed by atoms with Crippen LogP contribution in [0.2, 0.25) is 0 Å². The first-order valence-corrected chi connectivity index (χ1v) is 29.5. The maximum atomic E-state index is 6.39. The van der Waals surface area contributed by atoms with Gasteiger partial charge in [0.2, 0.25) is 5.78 Å². The van der Waals surface area contributed by atoms with Crippen LogP contribution in [0.5, 0.6) is 0 Å². The van der Waals surface area contributed by atoms with Gasteiger partial charge in [-0.2, -0.15) is 0 Å². The fraction of sp³-hybridized carbons (Fsp3) is 0. The van der Waals surface area contributed by atoms with Crippen LogP contribution in [0.1, 0.15) is 0 Å². The van der Waals surface area contributed by atoms with Gasteiger partial charge in [-0.3, -0.25) is 8.97 Å². The highest BCUT2D eigenvalue weighted by Gasteiger charge is 2.21. The van der Waals surface area contributed by atoms with Gasteiger partial charge in [0.25, 0.3) is 0 Å². The van der Waals surface area contributed by atoms with Crippen molar-refractivity contribution >= 4 is 137 Å². The Bertz CT molecular complexity index is 5830.